The first-order chi connectivity index (χ1) is 14.8. The van der Waals surface area contributed by atoms with Gasteiger partial charge in [-0.25, -0.2) is 9.67 Å². The lowest BCUT2D eigenvalue weighted by molar-refractivity contribution is 0.103. The van der Waals surface area contributed by atoms with E-state index in [0.29, 0.717) is 33.8 Å². The van der Waals surface area contributed by atoms with Gasteiger partial charge >= 0.3 is 0 Å². The molecule has 31 heavy (non-hydrogen) atoms. The largest absolute Gasteiger partial charge is 0.439 e. The number of amides is 1. The minimum Gasteiger partial charge on any atom is -0.439 e. The van der Waals surface area contributed by atoms with E-state index in [1.54, 1.807) is 35.0 Å². The van der Waals surface area contributed by atoms with Crippen molar-refractivity contribution in [1.82, 2.24) is 19.7 Å². The Morgan fingerprint density at radius 1 is 1.03 bits per heavy atom. The zero-order chi connectivity index (χ0) is 22.1. The van der Waals surface area contributed by atoms with E-state index in [9.17, 15) is 4.79 Å². The summed E-state index contributed by atoms with van der Waals surface area (Å²) in [7, 11) is 0. The molecule has 7 nitrogen and oxygen atoms in total. The van der Waals surface area contributed by atoms with Crippen LogP contribution in [0.5, 0.6) is 11.6 Å². The number of aromatic nitrogens is 4. The van der Waals surface area contributed by atoms with E-state index in [1.807, 2.05) is 46.1 Å². The number of ether oxygens (including phenoxy) is 1. The van der Waals surface area contributed by atoms with Crippen LogP contribution in [-0.2, 0) is 0 Å². The molecule has 0 radical (unpaired) electrons. The predicted molar refractivity (Wildman–Crippen MR) is 122 cm³/mol. The van der Waals surface area contributed by atoms with Gasteiger partial charge in [-0.3, -0.25) is 4.79 Å². The fourth-order valence-corrected chi connectivity index (χ4v) is 3.89. The summed E-state index contributed by atoms with van der Waals surface area (Å²) in [6, 6.07) is 10.8. The summed E-state index contributed by atoms with van der Waals surface area (Å²) in [5, 5.41) is 9.42. The van der Waals surface area contributed by atoms with Crippen LogP contribution < -0.4 is 10.1 Å². The fraction of sp³-hybridized carbons (Fsp3) is 0.217. The minimum atomic E-state index is -0.122. The summed E-state index contributed by atoms with van der Waals surface area (Å²) in [4.78, 5) is 21.9. The van der Waals surface area contributed by atoms with Crippen molar-refractivity contribution in [3.63, 3.8) is 0 Å². The van der Waals surface area contributed by atoms with Crippen molar-refractivity contribution >= 4 is 22.9 Å². The number of thiophene rings is 1. The number of hydrogen-bond acceptors (Lipinski definition) is 6. The molecule has 4 rings (SSSR count). The molecule has 0 unspecified atom stereocenters. The van der Waals surface area contributed by atoms with Crippen LogP contribution in [0.4, 0.5) is 5.69 Å². The Bertz CT molecular complexity index is 1260. The summed E-state index contributed by atoms with van der Waals surface area (Å²) >= 11 is 1.43. The Balaban J connectivity index is 1.51. The summed E-state index contributed by atoms with van der Waals surface area (Å²) in [6.07, 6.45) is 0. The predicted octanol–water partition coefficient (Wildman–Crippen LogP) is 5.31. The molecule has 1 amide bonds. The lowest BCUT2D eigenvalue weighted by atomic mass is 10.2. The zero-order valence-electron chi connectivity index (χ0n) is 18.1. The van der Waals surface area contributed by atoms with E-state index in [2.05, 4.69) is 20.4 Å². The van der Waals surface area contributed by atoms with Crippen molar-refractivity contribution in [2.45, 2.75) is 34.6 Å². The minimum absolute atomic E-state index is 0.122. The number of nitrogens with zero attached hydrogens (tertiary/aromatic N) is 4. The van der Waals surface area contributed by atoms with Crippen molar-refractivity contribution in [3.8, 4) is 17.4 Å². The van der Waals surface area contributed by atoms with Crippen LogP contribution in [0.3, 0.4) is 0 Å². The molecule has 158 valence electrons. The van der Waals surface area contributed by atoms with Gasteiger partial charge in [-0.05, 0) is 81.5 Å². The molecule has 3 aromatic heterocycles. The standard InChI is InChI=1S/C23H23N5O2S/c1-13-10-20(31-12-13)23(29)26-18-6-8-19(9-7-18)30-22-11-21(24-17(5)25-22)28-16(4)14(2)15(3)27-28/h6-12H,1-5H3,(H,26,29). The first kappa shape index (κ1) is 20.7. The normalized spacial score (nSPS) is 10.9. The van der Waals surface area contributed by atoms with Crippen molar-refractivity contribution < 1.29 is 9.53 Å². The van der Waals surface area contributed by atoms with Gasteiger partial charge in [-0.15, -0.1) is 11.3 Å². The third-order valence-electron chi connectivity index (χ3n) is 4.96. The third kappa shape index (κ3) is 4.49. The lowest BCUT2D eigenvalue weighted by Crippen LogP contribution is -2.09. The van der Waals surface area contributed by atoms with Crippen molar-refractivity contribution in [2.75, 3.05) is 5.32 Å². The number of aryl methyl sites for hydroxylation is 3. The maximum absolute atomic E-state index is 12.3. The number of rotatable bonds is 5. The van der Waals surface area contributed by atoms with E-state index in [-0.39, 0.29) is 5.91 Å². The van der Waals surface area contributed by atoms with E-state index < -0.39 is 0 Å². The molecule has 0 atom stereocenters. The molecule has 0 bridgehead atoms. The highest BCUT2D eigenvalue weighted by Crippen LogP contribution is 2.25. The molecule has 8 heteroatoms. The number of carbonyl (C=O) groups is 1. The van der Waals surface area contributed by atoms with E-state index >= 15 is 0 Å². The molecule has 4 aromatic rings. The average Bonchev–Trinajstić information content (AvgIpc) is 3.28. The molecular formula is C23H23N5O2S. The van der Waals surface area contributed by atoms with Crippen molar-refractivity contribution in [1.29, 1.82) is 0 Å². The maximum atomic E-state index is 12.3. The van der Waals surface area contributed by atoms with Crippen LogP contribution in [-0.4, -0.2) is 25.7 Å². The van der Waals surface area contributed by atoms with Gasteiger partial charge < -0.3 is 10.1 Å². The van der Waals surface area contributed by atoms with Crippen LogP contribution >= 0.6 is 11.3 Å². The number of hydrogen-bond donors (Lipinski definition) is 1. The quantitative estimate of drug-likeness (QED) is 0.461. The molecular weight excluding hydrogens is 410 g/mol. The fourth-order valence-electron chi connectivity index (χ4n) is 3.10. The van der Waals surface area contributed by atoms with Gasteiger partial charge in [0.2, 0.25) is 5.88 Å². The highest BCUT2D eigenvalue weighted by atomic mass is 32.1. The molecule has 1 N–H and O–H groups in total. The second-order valence-electron chi connectivity index (χ2n) is 7.39. The summed E-state index contributed by atoms with van der Waals surface area (Å²) in [5.74, 6) is 2.17. The number of carbonyl (C=O) groups excluding carboxylic acids is 1. The third-order valence-corrected chi connectivity index (χ3v) is 6.01. The SMILES string of the molecule is Cc1csc(C(=O)Nc2ccc(Oc3cc(-n4nc(C)c(C)c4C)nc(C)n3)cc2)c1. The molecule has 0 saturated carbocycles. The van der Waals surface area contributed by atoms with Crippen LogP contribution in [0.1, 0.15) is 38.0 Å². The smallest absolute Gasteiger partial charge is 0.265 e. The van der Waals surface area contributed by atoms with Gasteiger partial charge in [0.05, 0.1) is 10.6 Å². The molecule has 0 saturated heterocycles. The second kappa shape index (κ2) is 8.31. The first-order valence-electron chi connectivity index (χ1n) is 9.83. The number of benzene rings is 1. The Morgan fingerprint density at radius 2 is 1.77 bits per heavy atom. The Labute approximate surface area is 184 Å². The summed E-state index contributed by atoms with van der Waals surface area (Å²) in [5.41, 5.74) is 4.90. The Morgan fingerprint density at radius 3 is 2.39 bits per heavy atom. The van der Waals surface area contributed by atoms with Gasteiger partial charge in [-0.2, -0.15) is 10.1 Å². The molecule has 0 aliphatic rings. The van der Waals surface area contributed by atoms with Gasteiger partial charge in [0, 0.05) is 17.4 Å². The molecule has 0 fully saturated rings. The van der Waals surface area contributed by atoms with Crippen molar-refractivity contribution in [2.24, 2.45) is 0 Å². The lowest BCUT2D eigenvalue weighted by Gasteiger charge is -2.10. The van der Waals surface area contributed by atoms with Gasteiger partial charge in [-0.1, -0.05) is 0 Å². The van der Waals surface area contributed by atoms with Crippen LogP contribution in [0.15, 0.2) is 41.8 Å². The maximum Gasteiger partial charge on any atom is 0.265 e. The first-order valence-corrected chi connectivity index (χ1v) is 10.7. The number of anilines is 1. The Hall–Kier alpha value is -3.52. The zero-order valence-corrected chi connectivity index (χ0v) is 18.9. The van der Waals surface area contributed by atoms with Gasteiger partial charge in [0.25, 0.3) is 5.91 Å². The van der Waals surface area contributed by atoms with Crippen LogP contribution in [0.2, 0.25) is 0 Å². The van der Waals surface area contributed by atoms with Crippen LogP contribution in [0, 0.1) is 34.6 Å². The average molecular weight is 434 g/mol. The molecule has 0 aliphatic carbocycles. The highest BCUT2D eigenvalue weighted by molar-refractivity contribution is 7.12. The summed E-state index contributed by atoms with van der Waals surface area (Å²) in [6.45, 7) is 9.82. The van der Waals surface area contributed by atoms with E-state index in [4.69, 9.17) is 4.74 Å². The molecule has 0 spiro atoms. The van der Waals surface area contributed by atoms with E-state index in [1.165, 1.54) is 11.3 Å². The molecule has 1 aromatic carbocycles. The highest BCUT2D eigenvalue weighted by Gasteiger charge is 2.13. The van der Waals surface area contributed by atoms with Gasteiger partial charge in [0.1, 0.15) is 11.6 Å². The van der Waals surface area contributed by atoms with Gasteiger partial charge in [0.15, 0.2) is 5.82 Å². The summed E-state index contributed by atoms with van der Waals surface area (Å²) < 4.78 is 7.75. The molecule has 0 aliphatic heterocycles. The monoisotopic (exact) mass is 433 g/mol. The van der Waals surface area contributed by atoms with Crippen LogP contribution in [0.25, 0.3) is 5.82 Å². The second-order valence-corrected chi connectivity index (χ2v) is 8.30. The Kier molecular flexibility index (Phi) is 5.56. The van der Waals surface area contributed by atoms with E-state index in [0.717, 1.165) is 22.5 Å². The molecule has 3 heterocycles. The van der Waals surface area contributed by atoms with Crippen molar-refractivity contribution in [3.05, 3.63) is 75.0 Å². The topological polar surface area (TPSA) is 81.9 Å². The number of nitrogens with one attached hydrogen (secondary N) is 1.